The molecule has 0 aliphatic rings. The highest BCUT2D eigenvalue weighted by atomic mass is 32.1. The van der Waals surface area contributed by atoms with Crippen LogP contribution in [-0.2, 0) is 6.42 Å². The number of hydrogen-bond donors (Lipinski definition) is 1. The Balaban J connectivity index is 2.09. The quantitative estimate of drug-likeness (QED) is 0.761. The van der Waals surface area contributed by atoms with Crippen LogP contribution in [0.2, 0.25) is 0 Å². The molecule has 0 fully saturated rings. The highest BCUT2D eigenvalue weighted by Crippen LogP contribution is 2.09. The standard InChI is InChI=1S/C12H21NS/c1-10(2)9-11(3)13-7-6-12-5-4-8-14-12/h4-5,8,10-11,13H,6-7,9H2,1-3H3. The van der Waals surface area contributed by atoms with Crippen LogP contribution in [0.15, 0.2) is 17.5 Å². The molecule has 14 heavy (non-hydrogen) atoms. The maximum Gasteiger partial charge on any atom is 0.00578 e. The van der Waals surface area contributed by atoms with Gasteiger partial charge in [0.05, 0.1) is 0 Å². The minimum atomic E-state index is 0.648. The van der Waals surface area contributed by atoms with Crippen molar-refractivity contribution >= 4 is 11.3 Å². The van der Waals surface area contributed by atoms with E-state index in [1.54, 1.807) is 0 Å². The zero-order valence-electron chi connectivity index (χ0n) is 9.42. The average molecular weight is 211 g/mol. The van der Waals surface area contributed by atoms with Gasteiger partial charge in [-0.15, -0.1) is 11.3 Å². The van der Waals surface area contributed by atoms with Gasteiger partial charge in [0.15, 0.2) is 0 Å². The summed E-state index contributed by atoms with van der Waals surface area (Å²) in [4.78, 5) is 1.48. The van der Waals surface area contributed by atoms with Crippen molar-refractivity contribution in [2.45, 2.75) is 39.7 Å². The van der Waals surface area contributed by atoms with Crippen LogP contribution in [0, 0.1) is 5.92 Å². The molecule has 1 N–H and O–H groups in total. The number of thiophene rings is 1. The summed E-state index contributed by atoms with van der Waals surface area (Å²) in [6.07, 6.45) is 2.44. The molecule has 1 rings (SSSR count). The molecule has 0 saturated heterocycles. The minimum absolute atomic E-state index is 0.648. The van der Waals surface area contributed by atoms with Crippen LogP contribution in [-0.4, -0.2) is 12.6 Å². The molecule has 0 aliphatic heterocycles. The number of nitrogens with one attached hydrogen (secondary N) is 1. The molecule has 0 spiro atoms. The van der Waals surface area contributed by atoms with Crippen molar-refractivity contribution in [3.8, 4) is 0 Å². The maximum absolute atomic E-state index is 3.56. The van der Waals surface area contributed by atoms with Gasteiger partial charge in [-0.05, 0) is 37.1 Å². The second kappa shape index (κ2) is 6.20. The van der Waals surface area contributed by atoms with Crippen LogP contribution in [0.4, 0.5) is 0 Å². The zero-order chi connectivity index (χ0) is 10.4. The predicted molar refractivity (Wildman–Crippen MR) is 64.9 cm³/mol. The molecule has 0 amide bonds. The Morgan fingerprint density at radius 1 is 1.36 bits per heavy atom. The summed E-state index contributed by atoms with van der Waals surface area (Å²) in [6.45, 7) is 7.93. The van der Waals surface area contributed by atoms with Crippen LogP contribution < -0.4 is 5.32 Å². The molecular formula is C12H21NS. The van der Waals surface area contributed by atoms with Crippen molar-refractivity contribution in [1.82, 2.24) is 5.32 Å². The lowest BCUT2D eigenvalue weighted by atomic mass is 10.1. The van der Waals surface area contributed by atoms with Gasteiger partial charge in [-0.25, -0.2) is 0 Å². The van der Waals surface area contributed by atoms with E-state index in [9.17, 15) is 0 Å². The summed E-state index contributed by atoms with van der Waals surface area (Å²) in [6, 6.07) is 4.98. The van der Waals surface area contributed by atoms with Gasteiger partial charge in [-0.2, -0.15) is 0 Å². The van der Waals surface area contributed by atoms with Gasteiger partial charge in [0.25, 0.3) is 0 Å². The van der Waals surface area contributed by atoms with Crippen molar-refractivity contribution in [2.75, 3.05) is 6.54 Å². The van der Waals surface area contributed by atoms with E-state index in [2.05, 4.69) is 43.6 Å². The van der Waals surface area contributed by atoms with Crippen molar-refractivity contribution < 1.29 is 0 Å². The predicted octanol–water partition coefficient (Wildman–Crippen LogP) is 3.31. The van der Waals surface area contributed by atoms with E-state index >= 15 is 0 Å². The molecule has 1 aromatic rings. The van der Waals surface area contributed by atoms with Gasteiger partial charge in [-0.3, -0.25) is 0 Å². The third-order valence-corrected chi connectivity index (χ3v) is 3.21. The van der Waals surface area contributed by atoms with E-state index in [1.807, 2.05) is 11.3 Å². The van der Waals surface area contributed by atoms with Crippen molar-refractivity contribution in [2.24, 2.45) is 5.92 Å². The molecule has 0 aromatic carbocycles. The third kappa shape index (κ3) is 4.77. The highest BCUT2D eigenvalue weighted by Gasteiger charge is 2.03. The summed E-state index contributed by atoms with van der Waals surface area (Å²) >= 11 is 1.85. The van der Waals surface area contributed by atoms with Crippen LogP contribution >= 0.6 is 11.3 Å². The Bertz CT molecular complexity index is 228. The first kappa shape index (κ1) is 11.7. The van der Waals surface area contributed by atoms with E-state index in [0.29, 0.717) is 6.04 Å². The fraction of sp³-hybridized carbons (Fsp3) is 0.667. The Morgan fingerprint density at radius 3 is 2.71 bits per heavy atom. The monoisotopic (exact) mass is 211 g/mol. The summed E-state index contributed by atoms with van der Waals surface area (Å²) in [7, 11) is 0. The molecule has 80 valence electrons. The molecule has 0 saturated carbocycles. The van der Waals surface area contributed by atoms with Crippen LogP contribution in [0.3, 0.4) is 0 Å². The largest absolute Gasteiger partial charge is 0.314 e. The Labute approximate surface area is 91.5 Å². The van der Waals surface area contributed by atoms with Gasteiger partial charge < -0.3 is 5.32 Å². The molecule has 1 aromatic heterocycles. The molecule has 1 heterocycles. The normalized spacial score (nSPS) is 13.4. The van der Waals surface area contributed by atoms with E-state index in [-0.39, 0.29) is 0 Å². The lowest BCUT2D eigenvalue weighted by Crippen LogP contribution is -2.29. The second-order valence-electron chi connectivity index (χ2n) is 4.31. The van der Waals surface area contributed by atoms with Crippen LogP contribution in [0.1, 0.15) is 32.1 Å². The Morgan fingerprint density at radius 2 is 2.14 bits per heavy atom. The van der Waals surface area contributed by atoms with Crippen LogP contribution in [0.5, 0.6) is 0 Å². The molecule has 0 radical (unpaired) electrons. The SMILES string of the molecule is CC(C)CC(C)NCCc1cccs1. The molecule has 1 atom stereocenters. The Kier molecular flexibility index (Phi) is 5.20. The van der Waals surface area contributed by atoms with Crippen LogP contribution in [0.25, 0.3) is 0 Å². The lowest BCUT2D eigenvalue weighted by molar-refractivity contribution is 0.445. The Hall–Kier alpha value is -0.340. The summed E-state index contributed by atoms with van der Waals surface area (Å²) < 4.78 is 0. The van der Waals surface area contributed by atoms with E-state index in [1.165, 1.54) is 17.7 Å². The first-order chi connectivity index (χ1) is 6.68. The third-order valence-electron chi connectivity index (χ3n) is 2.27. The van der Waals surface area contributed by atoms with E-state index in [0.717, 1.165) is 12.5 Å². The van der Waals surface area contributed by atoms with Crippen molar-refractivity contribution in [3.05, 3.63) is 22.4 Å². The summed E-state index contributed by atoms with van der Waals surface area (Å²) in [5.41, 5.74) is 0. The minimum Gasteiger partial charge on any atom is -0.314 e. The molecule has 2 heteroatoms. The topological polar surface area (TPSA) is 12.0 Å². The first-order valence-electron chi connectivity index (χ1n) is 5.44. The van der Waals surface area contributed by atoms with Gasteiger partial charge in [-0.1, -0.05) is 19.9 Å². The first-order valence-corrected chi connectivity index (χ1v) is 6.32. The van der Waals surface area contributed by atoms with Gasteiger partial charge in [0.2, 0.25) is 0 Å². The zero-order valence-corrected chi connectivity index (χ0v) is 10.2. The average Bonchev–Trinajstić information content (AvgIpc) is 2.55. The van der Waals surface area contributed by atoms with Crippen molar-refractivity contribution in [3.63, 3.8) is 0 Å². The fourth-order valence-corrected chi connectivity index (χ4v) is 2.40. The molecule has 1 unspecified atom stereocenters. The molecule has 0 aliphatic carbocycles. The molecule has 1 nitrogen and oxygen atoms in total. The molecular weight excluding hydrogens is 190 g/mol. The maximum atomic E-state index is 3.56. The van der Waals surface area contributed by atoms with Gasteiger partial charge in [0, 0.05) is 17.5 Å². The number of hydrogen-bond acceptors (Lipinski definition) is 2. The number of rotatable bonds is 6. The van der Waals surface area contributed by atoms with E-state index in [4.69, 9.17) is 0 Å². The van der Waals surface area contributed by atoms with Gasteiger partial charge in [0.1, 0.15) is 0 Å². The van der Waals surface area contributed by atoms with Crippen molar-refractivity contribution in [1.29, 1.82) is 0 Å². The van der Waals surface area contributed by atoms with Gasteiger partial charge >= 0.3 is 0 Å². The van der Waals surface area contributed by atoms with E-state index < -0.39 is 0 Å². The highest BCUT2D eigenvalue weighted by molar-refractivity contribution is 7.09. The summed E-state index contributed by atoms with van der Waals surface area (Å²) in [5, 5.41) is 5.70. The second-order valence-corrected chi connectivity index (χ2v) is 5.35. The molecule has 0 bridgehead atoms. The smallest absolute Gasteiger partial charge is 0.00578 e. The summed E-state index contributed by atoms with van der Waals surface area (Å²) in [5.74, 6) is 0.791. The fourth-order valence-electron chi connectivity index (χ4n) is 1.69. The lowest BCUT2D eigenvalue weighted by Gasteiger charge is -2.15.